The van der Waals surface area contributed by atoms with E-state index in [1.807, 2.05) is 36.4 Å². The molecule has 17 heavy (non-hydrogen) atoms. The van der Waals surface area contributed by atoms with Crippen LogP contribution in [0.15, 0.2) is 36.4 Å². The van der Waals surface area contributed by atoms with Crippen LogP contribution < -0.4 is 5.32 Å². The summed E-state index contributed by atoms with van der Waals surface area (Å²) in [4.78, 5) is 11.1. The molecule has 0 saturated heterocycles. The Morgan fingerprint density at radius 1 is 1.18 bits per heavy atom. The van der Waals surface area contributed by atoms with Gasteiger partial charge in [0.2, 0.25) is 11.6 Å². The largest absolute Gasteiger partial charge is 0.360 e. The number of hydrogen-bond acceptors (Lipinski definition) is 4. The van der Waals surface area contributed by atoms with Crippen LogP contribution in [0.25, 0.3) is 0 Å². The third-order valence-electron chi connectivity index (χ3n) is 2.74. The molecule has 3 N–H and O–H groups in total. The van der Waals surface area contributed by atoms with Crippen LogP contribution in [-0.2, 0) is 4.79 Å². The van der Waals surface area contributed by atoms with Gasteiger partial charge in [0.15, 0.2) is 0 Å². The zero-order chi connectivity index (χ0) is 12.7. The van der Waals surface area contributed by atoms with E-state index in [9.17, 15) is 4.79 Å². The van der Waals surface area contributed by atoms with Gasteiger partial charge in [-0.2, -0.15) is 0 Å². The fraction of sp³-hybridized carbons (Fsp3) is 0.462. The van der Waals surface area contributed by atoms with Gasteiger partial charge in [0.25, 0.3) is 0 Å². The molecule has 4 nitrogen and oxygen atoms in total. The molecule has 1 saturated carbocycles. The standard InChI is InChI=1S/C7H13NO3.C6H6/c1-8-5-3-2-4-7(10,11)6(5)9;1-2-4-6-5-3-1/h5,8,10-11H,2-4H2,1H3;1-6H. The lowest BCUT2D eigenvalue weighted by molar-refractivity contribution is -0.192. The molecule has 0 aromatic heterocycles. The molecule has 1 aromatic rings. The number of nitrogens with one attached hydrogen (secondary N) is 1. The number of benzene rings is 1. The van der Waals surface area contributed by atoms with Crippen LogP contribution in [-0.4, -0.2) is 34.9 Å². The molecule has 1 aliphatic rings. The summed E-state index contributed by atoms with van der Waals surface area (Å²) in [5.74, 6) is -2.60. The van der Waals surface area contributed by atoms with Crippen molar-refractivity contribution in [1.82, 2.24) is 5.32 Å². The summed E-state index contributed by atoms with van der Waals surface area (Å²) >= 11 is 0. The molecule has 0 spiro atoms. The zero-order valence-electron chi connectivity index (χ0n) is 9.97. The van der Waals surface area contributed by atoms with E-state index in [0.717, 1.165) is 0 Å². The summed E-state index contributed by atoms with van der Waals surface area (Å²) < 4.78 is 0. The van der Waals surface area contributed by atoms with Crippen LogP contribution in [0.4, 0.5) is 0 Å². The number of carbonyl (C=O) groups excluding carboxylic acids is 1. The van der Waals surface area contributed by atoms with Crippen LogP contribution in [0.1, 0.15) is 19.3 Å². The lowest BCUT2D eigenvalue weighted by Gasteiger charge is -2.30. The smallest absolute Gasteiger partial charge is 0.225 e. The second-order valence-corrected chi connectivity index (χ2v) is 4.07. The van der Waals surface area contributed by atoms with E-state index >= 15 is 0 Å². The molecule has 4 heteroatoms. The van der Waals surface area contributed by atoms with Gasteiger partial charge in [0.05, 0.1) is 6.04 Å². The van der Waals surface area contributed by atoms with Crippen molar-refractivity contribution in [2.45, 2.75) is 31.1 Å². The average molecular weight is 237 g/mol. The van der Waals surface area contributed by atoms with Crippen molar-refractivity contribution in [1.29, 1.82) is 0 Å². The first-order valence-electron chi connectivity index (χ1n) is 5.74. The Balaban J connectivity index is 0.000000202. The van der Waals surface area contributed by atoms with E-state index in [2.05, 4.69) is 5.32 Å². The molecular weight excluding hydrogens is 218 g/mol. The predicted molar refractivity (Wildman–Crippen MR) is 65.3 cm³/mol. The molecule has 0 aliphatic heterocycles. The molecular formula is C13H19NO3. The Morgan fingerprint density at radius 2 is 1.65 bits per heavy atom. The number of aliphatic hydroxyl groups is 2. The Morgan fingerprint density at radius 3 is 2.00 bits per heavy atom. The highest BCUT2D eigenvalue weighted by Gasteiger charge is 2.40. The third kappa shape index (κ3) is 4.26. The molecule has 1 atom stereocenters. The minimum Gasteiger partial charge on any atom is -0.360 e. The first-order chi connectivity index (χ1) is 8.08. The molecule has 0 heterocycles. The molecule has 1 aliphatic carbocycles. The first kappa shape index (κ1) is 13.8. The molecule has 1 fully saturated rings. The Bertz CT molecular complexity index is 311. The van der Waals surface area contributed by atoms with Crippen LogP contribution in [0.5, 0.6) is 0 Å². The summed E-state index contributed by atoms with van der Waals surface area (Å²) in [5.41, 5.74) is 0. The van der Waals surface area contributed by atoms with Crippen molar-refractivity contribution in [2.75, 3.05) is 7.05 Å². The van der Waals surface area contributed by atoms with E-state index in [1.165, 1.54) is 0 Å². The Hall–Kier alpha value is -1.23. The Kier molecular flexibility index (Phi) is 5.28. The molecule has 94 valence electrons. The number of likely N-dealkylation sites (N-methyl/N-ethyl adjacent to an activating group) is 1. The number of rotatable bonds is 1. The van der Waals surface area contributed by atoms with Crippen molar-refractivity contribution in [3.8, 4) is 0 Å². The van der Waals surface area contributed by atoms with Gasteiger partial charge in [-0.15, -0.1) is 0 Å². The highest BCUT2D eigenvalue weighted by Crippen LogP contribution is 2.22. The van der Waals surface area contributed by atoms with Gasteiger partial charge in [-0.3, -0.25) is 4.79 Å². The number of hydrogen-bond donors (Lipinski definition) is 3. The van der Waals surface area contributed by atoms with E-state index in [4.69, 9.17) is 10.2 Å². The van der Waals surface area contributed by atoms with Crippen LogP contribution in [0, 0.1) is 0 Å². The number of ketones is 1. The van der Waals surface area contributed by atoms with Crippen LogP contribution in [0.2, 0.25) is 0 Å². The van der Waals surface area contributed by atoms with Crippen molar-refractivity contribution in [3.05, 3.63) is 36.4 Å². The van der Waals surface area contributed by atoms with E-state index in [1.54, 1.807) is 7.05 Å². The van der Waals surface area contributed by atoms with Crippen LogP contribution >= 0.6 is 0 Å². The number of Topliss-reactive ketones (excluding diaryl/α,β-unsaturated/α-hetero) is 1. The summed E-state index contributed by atoms with van der Waals surface area (Å²) in [6.07, 6.45) is 1.52. The quantitative estimate of drug-likeness (QED) is 0.629. The predicted octanol–water partition coefficient (Wildman–Crippen LogP) is 0.695. The molecule has 1 aromatic carbocycles. The highest BCUT2D eigenvalue weighted by molar-refractivity contribution is 5.90. The maximum atomic E-state index is 11.1. The van der Waals surface area contributed by atoms with Gasteiger partial charge in [-0.1, -0.05) is 36.4 Å². The fourth-order valence-electron chi connectivity index (χ4n) is 1.75. The molecule has 2 rings (SSSR count). The van der Waals surface area contributed by atoms with Gasteiger partial charge in [-0.25, -0.2) is 0 Å². The molecule has 0 amide bonds. The van der Waals surface area contributed by atoms with Gasteiger partial charge >= 0.3 is 0 Å². The van der Waals surface area contributed by atoms with Gasteiger partial charge in [0, 0.05) is 6.42 Å². The van der Waals surface area contributed by atoms with Gasteiger partial charge < -0.3 is 15.5 Å². The third-order valence-corrected chi connectivity index (χ3v) is 2.74. The maximum Gasteiger partial charge on any atom is 0.225 e. The Labute approximate surface area is 101 Å². The normalized spacial score (nSPS) is 22.5. The van der Waals surface area contributed by atoms with Crippen molar-refractivity contribution >= 4 is 5.78 Å². The lowest BCUT2D eigenvalue weighted by Crippen LogP contribution is -2.52. The monoisotopic (exact) mass is 237 g/mol. The summed E-state index contributed by atoms with van der Waals surface area (Å²) in [6.45, 7) is 0. The summed E-state index contributed by atoms with van der Waals surface area (Å²) in [7, 11) is 1.64. The summed E-state index contributed by atoms with van der Waals surface area (Å²) in [5, 5.41) is 21.0. The SMILES string of the molecule is CNC1CCCC(O)(O)C1=O.c1ccccc1. The fourth-order valence-corrected chi connectivity index (χ4v) is 1.75. The van der Waals surface area contributed by atoms with Crippen molar-refractivity contribution in [2.24, 2.45) is 0 Å². The van der Waals surface area contributed by atoms with E-state index in [0.29, 0.717) is 12.8 Å². The molecule has 1 unspecified atom stereocenters. The second-order valence-electron chi connectivity index (χ2n) is 4.07. The van der Waals surface area contributed by atoms with Gasteiger partial charge in [-0.05, 0) is 19.9 Å². The van der Waals surface area contributed by atoms with Crippen LogP contribution in [0.3, 0.4) is 0 Å². The topological polar surface area (TPSA) is 69.6 Å². The average Bonchev–Trinajstić information content (AvgIpc) is 2.36. The molecule has 0 radical (unpaired) electrons. The lowest BCUT2D eigenvalue weighted by atomic mass is 9.89. The molecule has 0 bridgehead atoms. The van der Waals surface area contributed by atoms with Gasteiger partial charge in [0.1, 0.15) is 0 Å². The van der Waals surface area contributed by atoms with Crippen molar-refractivity contribution in [3.63, 3.8) is 0 Å². The summed E-state index contributed by atoms with van der Waals surface area (Å²) in [6, 6.07) is 11.6. The minimum atomic E-state index is -2.09. The van der Waals surface area contributed by atoms with Crippen molar-refractivity contribution < 1.29 is 15.0 Å². The number of carbonyl (C=O) groups is 1. The highest BCUT2D eigenvalue weighted by atomic mass is 16.5. The first-order valence-corrected chi connectivity index (χ1v) is 5.74. The second kappa shape index (κ2) is 6.49. The zero-order valence-corrected chi connectivity index (χ0v) is 9.97. The van der Waals surface area contributed by atoms with E-state index < -0.39 is 17.6 Å². The van der Waals surface area contributed by atoms with E-state index in [-0.39, 0.29) is 6.42 Å². The minimum absolute atomic E-state index is 0.157. The maximum absolute atomic E-state index is 11.1.